The Morgan fingerprint density at radius 3 is 2.79 bits per heavy atom. The maximum atomic E-state index is 15.5. The van der Waals surface area contributed by atoms with E-state index in [1.165, 1.54) is 10.8 Å². The van der Waals surface area contributed by atoms with Crippen LogP contribution in [-0.4, -0.2) is 41.5 Å². The lowest BCUT2D eigenvalue weighted by Gasteiger charge is -2.35. The zero-order valence-corrected chi connectivity index (χ0v) is 15.4. The van der Waals surface area contributed by atoms with Crippen LogP contribution < -0.4 is 20.4 Å². The van der Waals surface area contributed by atoms with Gasteiger partial charge in [0.1, 0.15) is 11.5 Å². The molecule has 2 fully saturated rings. The fourth-order valence-electron chi connectivity index (χ4n) is 3.81. The number of hydrogen-bond acceptors (Lipinski definition) is 5. The molecule has 2 heterocycles. The summed E-state index contributed by atoms with van der Waals surface area (Å²) in [5, 5.41) is 11.9. The minimum Gasteiger partial charge on any atom is -0.449 e. The number of carboxylic acid groups (broad SMARTS) is 1. The lowest BCUT2D eigenvalue weighted by atomic mass is 10.1. The van der Waals surface area contributed by atoms with Gasteiger partial charge in [0.2, 0.25) is 5.43 Å². The summed E-state index contributed by atoms with van der Waals surface area (Å²) < 4.78 is 36.5. The largest absolute Gasteiger partial charge is 0.511 e. The monoisotopic (exact) mass is 393 g/mol. The van der Waals surface area contributed by atoms with E-state index in [0.717, 1.165) is 25.3 Å². The number of piperazine rings is 1. The van der Waals surface area contributed by atoms with Gasteiger partial charge in [-0.05, 0) is 25.3 Å². The number of aromatic nitrogens is 1. The SMILES string of the molecule is CCC1CN(c2c(F)cc3c(=O)c(OC(=O)O)cn(C4CC4)c3c2F)CCN1. The average molecular weight is 393 g/mol. The van der Waals surface area contributed by atoms with Crippen molar-refractivity contribution in [2.24, 2.45) is 0 Å². The maximum Gasteiger partial charge on any atom is 0.511 e. The van der Waals surface area contributed by atoms with Crippen LogP contribution >= 0.6 is 0 Å². The Morgan fingerprint density at radius 1 is 1.39 bits per heavy atom. The van der Waals surface area contributed by atoms with Crippen molar-refractivity contribution < 1.29 is 23.4 Å². The normalized spacial score (nSPS) is 19.8. The summed E-state index contributed by atoms with van der Waals surface area (Å²) in [6, 6.07) is 1.05. The van der Waals surface area contributed by atoms with E-state index in [9.17, 15) is 14.0 Å². The smallest absolute Gasteiger partial charge is 0.449 e. The van der Waals surface area contributed by atoms with Crippen LogP contribution in [0.5, 0.6) is 5.75 Å². The number of nitrogens with one attached hydrogen (secondary N) is 1. The number of carbonyl (C=O) groups is 1. The first-order valence-corrected chi connectivity index (χ1v) is 9.36. The Hall–Kier alpha value is -2.68. The van der Waals surface area contributed by atoms with Gasteiger partial charge in [0, 0.05) is 31.7 Å². The summed E-state index contributed by atoms with van der Waals surface area (Å²) in [7, 11) is 0. The number of ether oxygens (including phenoxy) is 1. The van der Waals surface area contributed by atoms with Crippen LogP contribution in [0.15, 0.2) is 17.1 Å². The molecule has 150 valence electrons. The Balaban J connectivity index is 1.91. The number of pyridine rings is 1. The van der Waals surface area contributed by atoms with Crippen LogP contribution in [0.25, 0.3) is 10.9 Å². The molecule has 1 saturated heterocycles. The van der Waals surface area contributed by atoms with Crippen LogP contribution in [-0.2, 0) is 0 Å². The van der Waals surface area contributed by atoms with Crippen molar-refractivity contribution in [1.82, 2.24) is 9.88 Å². The molecule has 9 heteroatoms. The van der Waals surface area contributed by atoms with E-state index in [1.54, 1.807) is 4.90 Å². The second kappa shape index (κ2) is 7.05. The van der Waals surface area contributed by atoms with Gasteiger partial charge in [-0.3, -0.25) is 4.79 Å². The summed E-state index contributed by atoms with van der Waals surface area (Å²) in [6.07, 6.45) is 1.93. The number of anilines is 1. The van der Waals surface area contributed by atoms with Gasteiger partial charge in [-0.25, -0.2) is 13.6 Å². The predicted octanol–water partition coefficient (Wildman–Crippen LogP) is 2.86. The molecule has 2 aliphatic rings. The zero-order chi connectivity index (χ0) is 20.0. The summed E-state index contributed by atoms with van der Waals surface area (Å²) in [6.45, 7) is 3.52. The van der Waals surface area contributed by atoms with Crippen molar-refractivity contribution in [3.63, 3.8) is 0 Å². The Kier molecular flexibility index (Phi) is 4.70. The zero-order valence-electron chi connectivity index (χ0n) is 15.4. The van der Waals surface area contributed by atoms with E-state index in [1.807, 2.05) is 6.92 Å². The number of hydrogen-bond donors (Lipinski definition) is 2. The molecule has 1 unspecified atom stereocenters. The highest BCUT2D eigenvalue weighted by atomic mass is 19.1. The highest BCUT2D eigenvalue weighted by Gasteiger charge is 2.31. The van der Waals surface area contributed by atoms with Gasteiger partial charge in [-0.15, -0.1) is 0 Å². The van der Waals surface area contributed by atoms with Crippen LogP contribution in [0.2, 0.25) is 0 Å². The molecule has 1 aromatic carbocycles. The van der Waals surface area contributed by atoms with Crippen LogP contribution in [0.3, 0.4) is 0 Å². The molecule has 1 aliphatic carbocycles. The van der Waals surface area contributed by atoms with Gasteiger partial charge in [0.15, 0.2) is 11.6 Å². The van der Waals surface area contributed by atoms with Crippen molar-refractivity contribution in [3.05, 3.63) is 34.1 Å². The summed E-state index contributed by atoms with van der Waals surface area (Å²) in [4.78, 5) is 25.1. The minimum atomic E-state index is -1.65. The lowest BCUT2D eigenvalue weighted by Crippen LogP contribution is -2.51. The lowest BCUT2D eigenvalue weighted by molar-refractivity contribution is 0.143. The van der Waals surface area contributed by atoms with Crippen molar-refractivity contribution >= 4 is 22.7 Å². The van der Waals surface area contributed by atoms with E-state index in [-0.39, 0.29) is 28.7 Å². The van der Waals surface area contributed by atoms with Crippen molar-refractivity contribution in [3.8, 4) is 5.75 Å². The van der Waals surface area contributed by atoms with Crippen LogP contribution in [0.1, 0.15) is 32.2 Å². The number of halogens is 2. The Morgan fingerprint density at radius 2 is 2.14 bits per heavy atom. The second-order valence-electron chi connectivity index (χ2n) is 7.25. The van der Waals surface area contributed by atoms with Crippen molar-refractivity contribution in [2.75, 3.05) is 24.5 Å². The molecule has 1 saturated carbocycles. The molecule has 2 N–H and O–H groups in total. The molecule has 0 bridgehead atoms. The first-order valence-electron chi connectivity index (χ1n) is 9.36. The molecule has 0 amide bonds. The van der Waals surface area contributed by atoms with Gasteiger partial charge in [-0.2, -0.15) is 0 Å². The van der Waals surface area contributed by atoms with Gasteiger partial charge in [0.25, 0.3) is 0 Å². The second-order valence-corrected chi connectivity index (χ2v) is 7.25. The van der Waals surface area contributed by atoms with E-state index < -0.39 is 29.0 Å². The molecule has 4 rings (SSSR count). The van der Waals surface area contributed by atoms with Crippen LogP contribution in [0, 0.1) is 11.6 Å². The highest BCUT2D eigenvalue weighted by Crippen LogP contribution is 2.40. The van der Waals surface area contributed by atoms with E-state index in [2.05, 4.69) is 10.1 Å². The van der Waals surface area contributed by atoms with E-state index >= 15 is 4.39 Å². The van der Waals surface area contributed by atoms with Gasteiger partial charge < -0.3 is 24.6 Å². The number of rotatable bonds is 4. The first-order chi connectivity index (χ1) is 13.4. The molecular formula is C19H21F2N3O4. The quantitative estimate of drug-likeness (QED) is 0.778. The summed E-state index contributed by atoms with van der Waals surface area (Å²) >= 11 is 0. The average Bonchev–Trinajstić information content (AvgIpc) is 3.49. The van der Waals surface area contributed by atoms with Crippen molar-refractivity contribution in [2.45, 2.75) is 38.3 Å². The van der Waals surface area contributed by atoms with E-state index in [0.29, 0.717) is 19.6 Å². The molecule has 7 nitrogen and oxygen atoms in total. The highest BCUT2D eigenvalue weighted by molar-refractivity contribution is 5.86. The molecule has 28 heavy (non-hydrogen) atoms. The Bertz CT molecular complexity index is 1000. The number of benzene rings is 1. The summed E-state index contributed by atoms with van der Waals surface area (Å²) in [5.41, 5.74) is -0.994. The fraction of sp³-hybridized carbons (Fsp3) is 0.474. The Labute approximate surface area is 159 Å². The third-order valence-electron chi connectivity index (χ3n) is 5.35. The number of fused-ring (bicyclic) bond motifs is 1. The van der Waals surface area contributed by atoms with Gasteiger partial charge in [-0.1, -0.05) is 6.92 Å². The minimum absolute atomic E-state index is 0.00628. The third-order valence-corrected chi connectivity index (χ3v) is 5.35. The van der Waals surface area contributed by atoms with E-state index in [4.69, 9.17) is 5.11 Å². The summed E-state index contributed by atoms with van der Waals surface area (Å²) in [5.74, 6) is -2.09. The molecular weight excluding hydrogens is 372 g/mol. The fourth-order valence-corrected chi connectivity index (χ4v) is 3.81. The van der Waals surface area contributed by atoms with Crippen LogP contribution in [0.4, 0.5) is 19.3 Å². The van der Waals surface area contributed by atoms with Gasteiger partial charge >= 0.3 is 6.16 Å². The molecule has 0 radical (unpaired) electrons. The standard InChI is InChI=1S/C19H21F2N3O4/c1-2-10-8-23(6-5-22-10)17-13(20)7-12-16(15(17)21)24(11-3-4-11)9-14(18(12)25)28-19(26)27/h7,9-11,22H,2-6,8H2,1H3,(H,26,27). The molecule has 1 atom stereocenters. The predicted molar refractivity (Wildman–Crippen MR) is 99.3 cm³/mol. The van der Waals surface area contributed by atoms with Crippen molar-refractivity contribution in [1.29, 1.82) is 0 Å². The molecule has 0 spiro atoms. The number of nitrogens with zero attached hydrogens (tertiary/aromatic N) is 2. The maximum absolute atomic E-state index is 15.5. The molecule has 2 aromatic rings. The topological polar surface area (TPSA) is 83.8 Å². The first kappa shape index (κ1) is 18.7. The van der Waals surface area contributed by atoms with Gasteiger partial charge in [0.05, 0.1) is 17.1 Å². The molecule has 1 aromatic heterocycles. The third kappa shape index (κ3) is 3.19. The molecule has 1 aliphatic heterocycles.